The smallest absolute Gasteiger partial charge is 0.261 e. The van der Waals surface area contributed by atoms with Crippen molar-refractivity contribution in [2.75, 3.05) is 19.7 Å². The molecule has 0 radical (unpaired) electrons. The molecule has 4 heterocycles. The number of alkyl halides is 1. The van der Waals surface area contributed by atoms with Gasteiger partial charge in [-0.3, -0.25) is 19.3 Å². The number of rotatable bonds is 6. The molecule has 3 fully saturated rings. The number of carbonyl (C=O) groups is 3. The van der Waals surface area contributed by atoms with E-state index in [0.717, 1.165) is 41.8 Å². The van der Waals surface area contributed by atoms with Gasteiger partial charge in [-0.05, 0) is 38.8 Å². The summed E-state index contributed by atoms with van der Waals surface area (Å²) in [5, 5.41) is 2.56. The number of hydrogen-bond acceptors (Lipinski definition) is 8. The average molecular weight is 517 g/mol. The van der Waals surface area contributed by atoms with E-state index in [0.29, 0.717) is 17.2 Å². The SMILES string of the molecule is Cc1ncc(-c2ccc(C(=O)NCC(=O)C3CCCCC3N3C[C@H](Cl)[C@H]4OCC(=O)[C@H]43)s2)c(C)n1. The maximum absolute atomic E-state index is 13.3. The average Bonchev–Trinajstić information content (AvgIpc) is 3.55. The molecule has 1 saturated carbocycles. The third-order valence-electron chi connectivity index (χ3n) is 7.35. The third-order valence-corrected chi connectivity index (χ3v) is 8.85. The second-order valence-electron chi connectivity index (χ2n) is 9.59. The van der Waals surface area contributed by atoms with Crippen LogP contribution in [0, 0.1) is 19.8 Å². The molecule has 5 atom stereocenters. The number of aromatic nitrogens is 2. The van der Waals surface area contributed by atoms with Crippen LogP contribution in [0.2, 0.25) is 0 Å². The van der Waals surface area contributed by atoms with Crippen molar-refractivity contribution in [1.29, 1.82) is 0 Å². The molecule has 186 valence electrons. The van der Waals surface area contributed by atoms with Crippen LogP contribution >= 0.6 is 22.9 Å². The fourth-order valence-corrected chi connectivity index (χ4v) is 7.03. The number of likely N-dealkylation sites (tertiary alicyclic amines) is 1. The number of Topliss-reactive ketones (excluding diaryl/α,β-unsaturated/α-hetero) is 2. The van der Waals surface area contributed by atoms with Crippen LogP contribution in [0.25, 0.3) is 10.4 Å². The van der Waals surface area contributed by atoms with Gasteiger partial charge in [0.1, 0.15) is 12.4 Å². The van der Waals surface area contributed by atoms with Crippen LogP contribution in [0.5, 0.6) is 0 Å². The Hall–Kier alpha value is -2.20. The number of amides is 1. The van der Waals surface area contributed by atoms with E-state index in [-0.39, 0.29) is 60.1 Å². The summed E-state index contributed by atoms with van der Waals surface area (Å²) < 4.78 is 5.62. The van der Waals surface area contributed by atoms with Crippen LogP contribution in [0.4, 0.5) is 0 Å². The molecule has 1 aliphatic carbocycles. The molecule has 2 saturated heterocycles. The lowest BCUT2D eigenvalue weighted by Crippen LogP contribution is -2.52. The van der Waals surface area contributed by atoms with Gasteiger partial charge in [0.05, 0.1) is 28.9 Å². The summed E-state index contributed by atoms with van der Waals surface area (Å²) in [4.78, 5) is 50.8. The van der Waals surface area contributed by atoms with Crippen LogP contribution in [-0.2, 0) is 14.3 Å². The predicted molar refractivity (Wildman–Crippen MR) is 133 cm³/mol. The number of thiophene rings is 1. The standard InChI is InChI=1S/C25H29ClN4O4S/c1-13-16(9-27-14(2)29-13)21-7-8-22(35-21)25(33)28-10-19(31)15-5-3-4-6-18(15)30-11-17(26)24-23(30)20(32)12-34-24/h7-9,15,17-18,23-24H,3-6,10-12H2,1-2H3,(H,28,33)/t15?,17-,18?,23+,24+/m0/s1. The van der Waals surface area contributed by atoms with E-state index >= 15 is 0 Å². The van der Waals surface area contributed by atoms with E-state index in [1.807, 2.05) is 19.9 Å². The van der Waals surface area contributed by atoms with Crippen molar-refractivity contribution in [3.63, 3.8) is 0 Å². The molecule has 2 aromatic heterocycles. The van der Waals surface area contributed by atoms with E-state index in [1.54, 1.807) is 12.3 Å². The first-order valence-electron chi connectivity index (χ1n) is 12.1. The molecule has 1 amide bonds. The van der Waals surface area contributed by atoms with Crippen LogP contribution in [0.15, 0.2) is 18.3 Å². The highest BCUT2D eigenvalue weighted by Crippen LogP contribution is 2.38. The summed E-state index contributed by atoms with van der Waals surface area (Å²) in [6.07, 6.45) is 5.05. The minimum Gasteiger partial charge on any atom is -0.367 e. The van der Waals surface area contributed by atoms with Crippen molar-refractivity contribution in [3.05, 3.63) is 34.7 Å². The summed E-state index contributed by atoms with van der Waals surface area (Å²) in [6, 6.07) is 3.24. The van der Waals surface area contributed by atoms with Gasteiger partial charge in [0, 0.05) is 40.8 Å². The fraction of sp³-hybridized carbons (Fsp3) is 0.560. The van der Waals surface area contributed by atoms with Crippen molar-refractivity contribution in [1.82, 2.24) is 20.2 Å². The molecule has 3 aliphatic rings. The van der Waals surface area contributed by atoms with E-state index in [1.165, 1.54) is 11.3 Å². The number of ketones is 2. The van der Waals surface area contributed by atoms with E-state index < -0.39 is 0 Å². The van der Waals surface area contributed by atoms with Crippen LogP contribution in [0.1, 0.15) is 46.9 Å². The fourth-order valence-electron chi connectivity index (χ4n) is 5.67. The Morgan fingerprint density at radius 2 is 2.06 bits per heavy atom. The van der Waals surface area contributed by atoms with Gasteiger partial charge in [-0.2, -0.15) is 0 Å². The number of nitrogens with one attached hydrogen (secondary N) is 1. The summed E-state index contributed by atoms with van der Waals surface area (Å²) >= 11 is 7.84. The van der Waals surface area contributed by atoms with E-state index in [4.69, 9.17) is 16.3 Å². The molecule has 2 aliphatic heterocycles. The minimum atomic E-state index is -0.357. The van der Waals surface area contributed by atoms with Crippen molar-refractivity contribution >= 4 is 40.4 Å². The zero-order chi connectivity index (χ0) is 24.7. The first kappa shape index (κ1) is 24.5. The van der Waals surface area contributed by atoms with Gasteiger partial charge >= 0.3 is 0 Å². The molecule has 35 heavy (non-hydrogen) atoms. The molecule has 8 nitrogen and oxygen atoms in total. The highest BCUT2D eigenvalue weighted by molar-refractivity contribution is 7.17. The summed E-state index contributed by atoms with van der Waals surface area (Å²) in [5.74, 6) is 0.256. The number of nitrogens with zero attached hydrogens (tertiary/aromatic N) is 3. The van der Waals surface area contributed by atoms with Crippen molar-refractivity contribution < 1.29 is 19.1 Å². The maximum Gasteiger partial charge on any atom is 0.261 e. The summed E-state index contributed by atoms with van der Waals surface area (Å²) in [5.41, 5.74) is 1.76. The minimum absolute atomic E-state index is 0.00328. The van der Waals surface area contributed by atoms with Gasteiger partial charge in [0.25, 0.3) is 5.91 Å². The first-order valence-corrected chi connectivity index (χ1v) is 13.3. The van der Waals surface area contributed by atoms with Gasteiger partial charge in [0.15, 0.2) is 11.6 Å². The van der Waals surface area contributed by atoms with E-state index in [2.05, 4.69) is 20.2 Å². The number of hydrogen-bond donors (Lipinski definition) is 1. The zero-order valence-corrected chi connectivity index (χ0v) is 21.4. The molecule has 2 unspecified atom stereocenters. The summed E-state index contributed by atoms with van der Waals surface area (Å²) in [6.45, 7) is 4.37. The molecule has 1 N–H and O–H groups in total. The monoisotopic (exact) mass is 516 g/mol. The highest BCUT2D eigenvalue weighted by Gasteiger charge is 2.53. The quantitative estimate of drug-likeness (QED) is 0.589. The number of halogens is 1. The Labute approximate surface area is 213 Å². The number of ether oxygens (including phenoxy) is 1. The Morgan fingerprint density at radius 1 is 1.26 bits per heavy atom. The molecule has 0 bridgehead atoms. The van der Waals surface area contributed by atoms with Gasteiger partial charge in [-0.1, -0.05) is 12.8 Å². The first-order chi connectivity index (χ1) is 16.8. The summed E-state index contributed by atoms with van der Waals surface area (Å²) in [7, 11) is 0. The van der Waals surface area contributed by atoms with Crippen LogP contribution < -0.4 is 5.32 Å². The lowest BCUT2D eigenvalue weighted by molar-refractivity contribution is -0.128. The Bertz CT molecular complexity index is 1150. The lowest BCUT2D eigenvalue weighted by atomic mass is 9.80. The van der Waals surface area contributed by atoms with Gasteiger partial charge in [0.2, 0.25) is 0 Å². The highest BCUT2D eigenvalue weighted by atomic mass is 35.5. The van der Waals surface area contributed by atoms with Crippen molar-refractivity contribution in [2.45, 2.75) is 63.1 Å². The number of fused-ring (bicyclic) bond motifs is 1. The van der Waals surface area contributed by atoms with Crippen molar-refractivity contribution in [3.8, 4) is 10.4 Å². The van der Waals surface area contributed by atoms with Gasteiger partial charge in [-0.25, -0.2) is 9.97 Å². The lowest BCUT2D eigenvalue weighted by Gasteiger charge is -2.39. The van der Waals surface area contributed by atoms with Gasteiger partial charge in [-0.15, -0.1) is 22.9 Å². The normalized spacial score (nSPS) is 28.8. The second-order valence-corrected chi connectivity index (χ2v) is 11.2. The molecule has 0 aromatic carbocycles. The molecular weight excluding hydrogens is 488 g/mol. The molecular formula is C25H29ClN4O4S. The third kappa shape index (κ3) is 4.79. The molecule has 2 aromatic rings. The molecule has 5 rings (SSSR count). The molecule has 0 spiro atoms. The largest absolute Gasteiger partial charge is 0.367 e. The second kappa shape index (κ2) is 10.0. The Morgan fingerprint density at radius 3 is 2.86 bits per heavy atom. The topological polar surface area (TPSA) is 101 Å². The van der Waals surface area contributed by atoms with Crippen LogP contribution in [0.3, 0.4) is 0 Å². The van der Waals surface area contributed by atoms with Crippen molar-refractivity contribution in [2.24, 2.45) is 5.92 Å². The Kier molecular flexibility index (Phi) is 7.03. The molecule has 10 heteroatoms. The van der Waals surface area contributed by atoms with E-state index in [9.17, 15) is 14.4 Å². The Balaban J connectivity index is 1.23. The predicted octanol–water partition coefficient (Wildman–Crippen LogP) is 2.94. The van der Waals surface area contributed by atoms with Gasteiger partial charge < -0.3 is 10.1 Å². The zero-order valence-electron chi connectivity index (χ0n) is 19.8. The maximum atomic E-state index is 13.3. The number of carbonyl (C=O) groups excluding carboxylic acids is 3. The number of aryl methyl sites for hydroxylation is 2. The van der Waals surface area contributed by atoms with Crippen LogP contribution in [-0.4, -0.2) is 75.6 Å².